The number of hydrogen-bond acceptors (Lipinski definition) is 2. The molecule has 3 nitrogen and oxygen atoms in total. The van der Waals surface area contributed by atoms with Crippen LogP contribution in [0.2, 0.25) is 0 Å². The van der Waals surface area contributed by atoms with Crippen molar-refractivity contribution in [2.45, 2.75) is 12.3 Å². The van der Waals surface area contributed by atoms with Gasteiger partial charge < -0.3 is 0 Å². The lowest BCUT2D eigenvalue weighted by molar-refractivity contribution is 0.821. The Morgan fingerprint density at radius 2 is 2.38 bits per heavy atom. The highest BCUT2D eigenvalue weighted by molar-refractivity contribution is 5.25. The zero-order valence-corrected chi connectivity index (χ0v) is 7.10. The smallest absolute Gasteiger partial charge is 0.203 e. The van der Waals surface area contributed by atoms with Crippen molar-refractivity contribution in [2.24, 2.45) is 0 Å². The summed E-state index contributed by atoms with van der Waals surface area (Å²) < 4.78 is 0. The van der Waals surface area contributed by atoms with E-state index >= 15 is 0 Å². The first kappa shape index (κ1) is 7.98. The summed E-state index contributed by atoms with van der Waals surface area (Å²) in [7, 11) is 0. The number of allylic oxidation sites excluding steroid dienone is 4. The molecule has 13 heavy (non-hydrogen) atoms. The van der Waals surface area contributed by atoms with Gasteiger partial charge in [0.1, 0.15) is 0 Å². The van der Waals surface area contributed by atoms with E-state index in [-0.39, 0.29) is 11.3 Å². The fourth-order valence-corrected chi connectivity index (χ4v) is 1.45. The summed E-state index contributed by atoms with van der Waals surface area (Å²) >= 11 is 0. The van der Waals surface area contributed by atoms with Crippen LogP contribution in [0.4, 0.5) is 0 Å². The third kappa shape index (κ3) is 1.59. The summed E-state index contributed by atoms with van der Waals surface area (Å²) in [6, 6.07) is 0. The van der Waals surface area contributed by atoms with Gasteiger partial charge in [0.25, 0.3) is 0 Å². The van der Waals surface area contributed by atoms with E-state index in [9.17, 15) is 4.79 Å². The first-order valence-corrected chi connectivity index (χ1v) is 4.24. The highest BCUT2D eigenvalue weighted by Crippen LogP contribution is 2.20. The van der Waals surface area contributed by atoms with Crippen LogP contribution in [-0.4, -0.2) is 10.2 Å². The molecule has 3 heteroatoms. The van der Waals surface area contributed by atoms with E-state index < -0.39 is 0 Å². The molecule has 0 spiro atoms. The molecule has 0 saturated heterocycles. The minimum Gasteiger partial charge on any atom is -0.288 e. The van der Waals surface area contributed by atoms with Gasteiger partial charge in [0.05, 0.1) is 6.20 Å². The van der Waals surface area contributed by atoms with E-state index in [1.165, 1.54) is 6.20 Å². The maximum atomic E-state index is 11.4. The average molecular weight is 174 g/mol. The topological polar surface area (TPSA) is 45.8 Å². The van der Waals surface area contributed by atoms with Crippen LogP contribution in [0.3, 0.4) is 0 Å². The van der Waals surface area contributed by atoms with E-state index in [1.54, 1.807) is 6.20 Å². The highest BCUT2D eigenvalue weighted by atomic mass is 16.1. The molecule has 1 aliphatic carbocycles. The first-order valence-electron chi connectivity index (χ1n) is 4.24. The Morgan fingerprint density at radius 1 is 1.46 bits per heavy atom. The lowest BCUT2D eigenvalue weighted by atomic mass is 9.94. The fraction of sp³-hybridized carbons (Fsp3) is 0.200. The molecule has 1 heterocycles. The Morgan fingerprint density at radius 3 is 3.08 bits per heavy atom. The van der Waals surface area contributed by atoms with Gasteiger partial charge >= 0.3 is 0 Å². The van der Waals surface area contributed by atoms with Crippen molar-refractivity contribution in [1.29, 1.82) is 0 Å². The van der Waals surface area contributed by atoms with Gasteiger partial charge in [-0.1, -0.05) is 24.3 Å². The number of rotatable bonds is 1. The molecule has 1 aromatic rings. The van der Waals surface area contributed by atoms with Crippen molar-refractivity contribution in [2.75, 3.05) is 0 Å². The minimum atomic E-state index is 0.00343. The molecule has 0 bridgehead atoms. The van der Waals surface area contributed by atoms with Crippen molar-refractivity contribution >= 4 is 0 Å². The van der Waals surface area contributed by atoms with E-state index in [0.717, 1.165) is 12.0 Å². The summed E-state index contributed by atoms with van der Waals surface area (Å²) in [5.74, 6) is 0.205. The molecular formula is C10H10N2O. The van der Waals surface area contributed by atoms with Gasteiger partial charge in [-0.3, -0.25) is 9.89 Å². The maximum absolute atomic E-state index is 11.4. The van der Waals surface area contributed by atoms with Crippen molar-refractivity contribution in [3.05, 3.63) is 52.5 Å². The largest absolute Gasteiger partial charge is 0.288 e. The highest BCUT2D eigenvalue weighted by Gasteiger charge is 2.11. The average Bonchev–Trinajstić information content (AvgIpc) is 2.20. The molecule has 0 aliphatic heterocycles. The van der Waals surface area contributed by atoms with Crippen LogP contribution in [0.1, 0.15) is 17.9 Å². The van der Waals surface area contributed by atoms with E-state index in [1.807, 2.05) is 18.2 Å². The molecule has 1 aromatic heterocycles. The molecule has 0 amide bonds. The van der Waals surface area contributed by atoms with Gasteiger partial charge in [0.2, 0.25) is 5.43 Å². The van der Waals surface area contributed by atoms with Gasteiger partial charge in [-0.15, -0.1) is 0 Å². The Hall–Kier alpha value is -1.64. The van der Waals surface area contributed by atoms with Gasteiger partial charge in [-0.2, -0.15) is 5.10 Å². The molecule has 0 fully saturated rings. The third-order valence-electron chi connectivity index (χ3n) is 2.14. The predicted octanol–water partition coefficient (Wildman–Crippen LogP) is 1.37. The quantitative estimate of drug-likeness (QED) is 0.698. The minimum absolute atomic E-state index is 0.00343. The van der Waals surface area contributed by atoms with E-state index in [0.29, 0.717) is 0 Å². The molecule has 0 radical (unpaired) electrons. The molecular weight excluding hydrogens is 164 g/mol. The third-order valence-corrected chi connectivity index (χ3v) is 2.14. The van der Waals surface area contributed by atoms with Crippen LogP contribution in [0.15, 0.2) is 41.5 Å². The van der Waals surface area contributed by atoms with Crippen LogP contribution in [-0.2, 0) is 0 Å². The molecule has 1 N–H and O–H groups in total. The number of nitrogens with zero attached hydrogens (tertiary/aromatic N) is 1. The lowest BCUT2D eigenvalue weighted by Gasteiger charge is -2.10. The number of aromatic nitrogens is 2. The van der Waals surface area contributed by atoms with Gasteiger partial charge in [-0.05, 0) is 6.42 Å². The molecule has 0 aromatic carbocycles. The van der Waals surface area contributed by atoms with Crippen molar-refractivity contribution in [3.8, 4) is 0 Å². The second-order valence-corrected chi connectivity index (χ2v) is 3.01. The Bertz CT molecular complexity index is 403. The van der Waals surface area contributed by atoms with Crippen LogP contribution in [0, 0.1) is 0 Å². The van der Waals surface area contributed by atoms with Crippen molar-refractivity contribution in [1.82, 2.24) is 10.2 Å². The Balaban J connectivity index is 2.36. The lowest BCUT2D eigenvalue weighted by Crippen LogP contribution is -2.13. The number of aromatic amines is 1. The zero-order chi connectivity index (χ0) is 9.10. The normalized spacial score (nSPS) is 20.5. The SMILES string of the molecule is O=c1cn[nH]cc1C1C=CC=CC1. The molecule has 1 unspecified atom stereocenters. The van der Waals surface area contributed by atoms with Gasteiger partial charge in [-0.25, -0.2) is 0 Å². The Labute approximate surface area is 75.8 Å². The Kier molecular flexibility index (Phi) is 2.08. The van der Waals surface area contributed by atoms with Crippen molar-refractivity contribution < 1.29 is 0 Å². The van der Waals surface area contributed by atoms with Crippen LogP contribution < -0.4 is 5.43 Å². The van der Waals surface area contributed by atoms with E-state index in [2.05, 4.69) is 16.3 Å². The molecule has 0 saturated carbocycles. The summed E-state index contributed by atoms with van der Waals surface area (Å²) in [6.07, 6.45) is 11.9. The number of nitrogens with one attached hydrogen (secondary N) is 1. The van der Waals surface area contributed by atoms with Crippen molar-refractivity contribution in [3.63, 3.8) is 0 Å². The summed E-state index contributed by atoms with van der Waals surface area (Å²) in [4.78, 5) is 11.4. The first-order chi connectivity index (χ1) is 6.38. The second-order valence-electron chi connectivity index (χ2n) is 3.01. The molecule has 1 atom stereocenters. The number of H-pyrrole nitrogens is 1. The molecule has 2 rings (SSSR count). The van der Waals surface area contributed by atoms with E-state index in [4.69, 9.17) is 0 Å². The predicted molar refractivity (Wildman–Crippen MR) is 50.5 cm³/mol. The summed E-state index contributed by atoms with van der Waals surface area (Å²) in [5.41, 5.74) is 0.791. The van der Waals surface area contributed by atoms with Crippen LogP contribution >= 0.6 is 0 Å². The second kappa shape index (κ2) is 3.39. The maximum Gasteiger partial charge on any atom is 0.203 e. The number of hydrogen-bond donors (Lipinski definition) is 1. The monoisotopic (exact) mass is 174 g/mol. The molecule has 1 aliphatic rings. The summed E-state index contributed by atoms with van der Waals surface area (Å²) in [6.45, 7) is 0. The fourth-order valence-electron chi connectivity index (χ4n) is 1.45. The summed E-state index contributed by atoms with van der Waals surface area (Å²) in [5, 5.41) is 6.35. The van der Waals surface area contributed by atoms with Gasteiger partial charge in [0, 0.05) is 17.7 Å². The zero-order valence-electron chi connectivity index (χ0n) is 7.10. The van der Waals surface area contributed by atoms with Crippen LogP contribution in [0.25, 0.3) is 0 Å². The molecule has 66 valence electrons. The van der Waals surface area contributed by atoms with Gasteiger partial charge in [0.15, 0.2) is 0 Å². The van der Waals surface area contributed by atoms with Crippen LogP contribution in [0.5, 0.6) is 0 Å². The standard InChI is InChI=1S/C10H10N2O/c13-10-7-12-11-6-9(10)8-4-2-1-3-5-8/h1-4,6-8H,5H2,(H,11,13).